The fourth-order valence-electron chi connectivity index (χ4n) is 2.93. The van der Waals surface area contributed by atoms with E-state index in [1.54, 1.807) is 17.5 Å². The number of thiophene rings is 1. The van der Waals surface area contributed by atoms with Gasteiger partial charge in [0.05, 0.1) is 16.1 Å². The molecule has 1 N–H and O–H groups in total. The second-order valence-electron chi connectivity index (χ2n) is 6.09. The van der Waals surface area contributed by atoms with Crippen LogP contribution >= 0.6 is 22.9 Å². The summed E-state index contributed by atoms with van der Waals surface area (Å²) in [5.41, 5.74) is 0.485. The maximum atomic E-state index is 12.5. The zero-order valence-electron chi connectivity index (χ0n) is 14.7. The first-order chi connectivity index (χ1) is 13.5. The third kappa shape index (κ3) is 4.50. The number of anilines is 1. The number of halogens is 1. The summed E-state index contributed by atoms with van der Waals surface area (Å²) >= 11 is 7.19. The van der Waals surface area contributed by atoms with Crippen molar-refractivity contribution in [3.8, 4) is 6.07 Å². The number of amides is 2. The van der Waals surface area contributed by atoms with E-state index in [-0.39, 0.29) is 17.2 Å². The second-order valence-corrected chi connectivity index (χ2v) is 7.48. The van der Waals surface area contributed by atoms with Gasteiger partial charge in [0.2, 0.25) is 0 Å². The summed E-state index contributed by atoms with van der Waals surface area (Å²) < 4.78 is 5.10. The van der Waals surface area contributed by atoms with Crippen LogP contribution in [-0.4, -0.2) is 41.9 Å². The lowest BCUT2D eigenvalue weighted by Crippen LogP contribution is -2.41. The molecule has 7 nitrogen and oxygen atoms in total. The van der Waals surface area contributed by atoms with E-state index < -0.39 is 24.5 Å². The molecule has 1 fully saturated rings. The molecule has 0 bridgehead atoms. The number of hydrogen-bond acceptors (Lipinski definition) is 6. The first kappa shape index (κ1) is 19.9. The normalized spacial score (nSPS) is 15.7. The summed E-state index contributed by atoms with van der Waals surface area (Å²) in [6.07, 6.45) is 1.18. The summed E-state index contributed by atoms with van der Waals surface area (Å²) in [5.74, 6) is -1.43. The molecule has 1 aromatic carbocycles. The molecular weight excluding hydrogens is 402 g/mol. The van der Waals surface area contributed by atoms with Gasteiger partial charge in [-0.05, 0) is 42.5 Å². The number of carbonyl (C=O) groups is 3. The van der Waals surface area contributed by atoms with Crippen LogP contribution in [0, 0.1) is 11.3 Å². The van der Waals surface area contributed by atoms with Gasteiger partial charge in [0.25, 0.3) is 11.8 Å². The van der Waals surface area contributed by atoms with Gasteiger partial charge in [0.1, 0.15) is 12.1 Å². The monoisotopic (exact) mass is 417 g/mol. The van der Waals surface area contributed by atoms with Gasteiger partial charge < -0.3 is 15.0 Å². The molecule has 144 valence electrons. The average molecular weight is 418 g/mol. The Bertz CT molecular complexity index is 939. The molecule has 0 aliphatic carbocycles. The highest BCUT2D eigenvalue weighted by molar-refractivity contribution is 7.12. The van der Waals surface area contributed by atoms with Crippen LogP contribution in [0.3, 0.4) is 0 Å². The van der Waals surface area contributed by atoms with Crippen molar-refractivity contribution in [2.75, 3.05) is 18.5 Å². The van der Waals surface area contributed by atoms with Gasteiger partial charge in [0.15, 0.2) is 6.61 Å². The van der Waals surface area contributed by atoms with E-state index in [0.717, 1.165) is 0 Å². The lowest BCUT2D eigenvalue weighted by molar-refractivity contribution is -0.151. The van der Waals surface area contributed by atoms with E-state index >= 15 is 0 Å². The molecule has 1 saturated heterocycles. The third-order valence-electron chi connectivity index (χ3n) is 4.24. The van der Waals surface area contributed by atoms with Crippen molar-refractivity contribution in [3.63, 3.8) is 0 Å². The van der Waals surface area contributed by atoms with Crippen LogP contribution in [0.1, 0.15) is 28.1 Å². The molecular formula is C19H16ClN3O4S. The Kier molecular flexibility index (Phi) is 6.29. The lowest BCUT2D eigenvalue weighted by Gasteiger charge is -2.22. The van der Waals surface area contributed by atoms with Gasteiger partial charge >= 0.3 is 5.97 Å². The van der Waals surface area contributed by atoms with Crippen LogP contribution in [0.25, 0.3) is 0 Å². The number of hydrogen-bond donors (Lipinski definition) is 1. The van der Waals surface area contributed by atoms with Crippen molar-refractivity contribution in [1.29, 1.82) is 5.26 Å². The van der Waals surface area contributed by atoms with E-state index in [9.17, 15) is 14.4 Å². The van der Waals surface area contributed by atoms with Crippen LogP contribution in [0.2, 0.25) is 5.02 Å². The first-order valence-corrected chi connectivity index (χ1v) is 9.76. The number of ether oxygens (including phenoxy) is 1. The Morgan fingerprint density at radius 3 is 2.89 bits per heavy atom. The van der Waals surface area contributed by atoms with Gasteiger partial charge in [0, 0.05) is 11.6 Å². The number of rotatable bonds is 5. The predicted molar refractivity (Wildman–Crippen MR) is 104 cm³/mol. The molecule has 1 aliphatic rings. The highest BCUT2D eigenvalue weighted by Crippen LogP contribution is 2.23. The van der Waals surface area contributed by atoms with E-state index in [1.807, 2.05) is 6.07 Å². The maximum Gasteiger partial charge on any atom is 0.329 e. The molecule has 2 amide bonds. The second kappa shape index (κ2) is 8.87. The minimum atomic E-state index is -0.705. The Balaban J connectivity index is 1.58. The van der Waals surface area contributed by atoms with Crippen LogP contribution in [0.15, 0.2) is 35.7 Å². The van der Waals surface area contributed by atoms with Crippen LogP contribution < -0.4 is 5.32 Å². The van der Waals surface area contributed by atoms with Gasteiger partial charge in [-0.2, -0.15) is 5.26 Å². The van der Waals surface area contributed by atoms with Gasteiger partial charge in [-0.1, -0.05) is 17.7 Å². The molecule has 1 unspecified atom stereocenters. The highest BCUT2D eigenvalue weighted by atomic mass is 35.5. The molecule has 2 heterocycles. The number of carbonyl (C=O) groups excluding carboxylic acids is 3. The standard InChI is InChI=1S/C19H16ClN3O4S/c20-13-6-5-12(10-21)14(9-13)22-17(24)11-27-19(26)15-3-1-7-23(15)18(25)16-4-2-8-28-16/h2,4-6,8-9,15H,1,3,7,11H2,(H,22,24). The quantitative estimate of drug-likeness (QED) is 0.753. The van der Waals surface area contributed by atoms with Crippen molar-refractivity contribution >= 4 is 46.4 Å². The van der Waals surface area contributed by atoms with Gasteiger partial charge in [-0.15, -0.1) is 11.3 Å². The number of nitrogens with one attached hydrogen (secondary N) is 1. The molecule has 1 atom stereocenters. The molecule has 1 aliphatic heterocycles. The number of benzene rings is 1. The maximum absolute atomic E-state index is 12.5. The van der Waals surface area contributed by atoms with Crippen molar-refractivity contribution < 1.29 is 19.1 Å². The molecule has 1 aromatic heterocycles. The molecule has 28 heavy (non-hydrogen) atoms. The van der Waals surface area contributed by atoms with Crippen LogP contribution in [-0.2, 0) is 14.3 Å². The summed E-state index contributed by atoms with van der Waals surface area (Å²) in [6, 6.07) is 9.18. The predicted octanol–water partition coefficient (Wildman–Crippen LogP) is 3.06. The zero-order valence-corrected chi connectivity index (χ0v) is 16.3. The summed E-state index contributed by atoms with van der Waals surface area (Å²) in [4.78, 5) is 39.0. The summed E-state index contributed by atoms with van der Waals surface area (Å²) in [6.45, 7) is -0.0511. The lowest BCUT2D eigenvalue weighted by atomic mass is 10.2. The van der Waals surface area contributed by atoms with Gasteiger partial charge in [-0.3, -0.25) is 9.59 Å². The average Bonchev–Trinajstić information content (AvgIpc) is 3.37. The number of esters is 1. The molecule has 3 rings (SSSR count). The smallest absolute Gasteiger partial charge is 0.329 e. The van der Waals surface area contributed by atoms with Crippen molar-refractivity contribution in [1.82, 2.24) is 4.90 Å². The van der Waals surface area contributed by atoms with Crippen molar-refractivity contribution in [2.24, 2.45) is 0 Å². The highest BCUT2D eigenvalue weighted by Gasteiger charge is 2.36. The van der Waals surface area contributed by atoms with Gasteiger partial charge in [-0.25, -0.2) is 4.79 Å². The first-order valence-electron chi connectivity index (χ1n) is 8.50. The van der Waals surface area contributed by atoms with E-state index in [2.05, 4.69) is 5.32 Å². The summed E-state index contributed by atoms with van der Waals surface area (Å²) in [5, 5.41) is 13.7. The van der Waals surface area contributed by atoms with Crippen molar-refractivity contribution in [2.45, 2.75) is 18.9 Å². The minimum absolute atomic E-state index is 0.212. The van der Waals surface area contributed by atoms with E-state index in [4.69, 9.17) is 21.6 Å². The zero-order chi connectivity index (χ0) is 20.1. The Morgan fingerprint density at radius 1 is 1.36 bits per heavy atom. The minimum Gasteiger partial charge on any atom is -0.454 e. The fraction of sp³-hybridized carbons (Fsp3) is 0.263. The Labute approximate surface area is 170 Å². The van der Waals surface area contributed by atoms with E-state index in [1.165, 1.54) is 34.4 Å². The Morgan fingerprint density at radius 2 is 2.18 bits per heavy atom. The Hall–Kier alpha value is -2.89. The third-order valence-corrected chi connectivity index (χ3v) is 5.33. The number of nitrogens with zero attached hydrogens (tertiary/aromatic N) is 2. The van der Waals surface area contributed by atoms with Crippen molar-refractivity contribution in [3.05, 3.63) is 51.2 Å². The van der Waals surface area contributed by atoms with Crippen LogP contribution in [0.5, 0.6) is 0 Å². The largest absolute Gasteiger partial charge is 0.454 e. The number of nitriles is 1. The number of likely N-dealkylation sites (tertiary alicyclic amines) is 1. The summed E-state index contributed by atoms with van der Waals surface area (Å²) in [7, 11) is 0. The molecule has 0 saturated carbocycles. The SMILES string of the molecule is N#Cc1ccc(Cl)cc1NC(=O)COC(=O)C1CCCN1C(=O)c1cccs1. The molecule has 9 heteroatoms. The molecule has 0 radical (unpaired) electrons. The van der Waals surface area contributed by atoms with Crippen LogP contribution in [0.4, 0.5) is 5.69 Å². The molecule has 0 spiro atoms. The molecule has 2 aromatic rings. The van der Waals surface area contributed by atoms with E-state index in [0.29, 0.717) is 29.3 Å². The topological polar surface area (TPSA) is 99.5 Å². The fourth-order valence-corrected chi connectivity index (χ4v) is 3.78.